The quantitative estimate of drug-likeness (QED) is 0.658. The molecule has 114 valence electrons. The molecule has 2 aromatic rings. The van der Waals surface area contributed by atoms with E-state index in [9.17, 15) is 9.90 Å². The molecule has 0 unspecified atom stereocenters. The number of nitrogens with zero attached hydrogens (tertiary/aromatic N) is 1. The first-order valence-electron chi connectivity index (χ1n) is 6.85. The van der Waals surface area contributed by atoms with Crippen molar-refractivity contribution in [2.45, 2.75) is 13.8 Å². The minimum Gasteiger partial charge on any atom is -0.508 e. The fraction of sp³-hybridized carbons (Fsp3) is 0.176. The summed E-state index contributed by atoms with van der Waals surface area (Å²) >= 11 is 0. The van der Waals surface area contributed by atoms with E-state index in [0.29, 0.717) is 11.3 Å². The van der Waals surface area contributed by atoms with E-state index in [0.717, 1.165) is 11.1 Å². The number of aromatic hydroxyl groups is 1. The van der Waals surface area contributed by atoms with Gasteiger partial charge in [-0.3, -0.25) is 4.79 Å². The first-order valence-corrected chi connectivity index (χ1v) is 6.85. The summed E-state index contributed by atoms with van der Waals surface area (Å²) in [5.74, 6) is 0.452. The molecular weight excluding hydrogens is 280 g/mol. The molecule has 0 bridgehead atoms. The van der Waals surface area contributed by atoms with E-state index in [1.807, 2.05) is 32.0 Å². The Morgan fingerprint density at radius 3 is 2.64 bits per heavy atom. The van der Waals surface area contributed by atoms with E-state index < -0.39 is 0 Å². The highest BCUT2D eigenvalue weighted by Gasteiger charge is 2.02. The zero-order valence-electron chi connectivity index (χ0n) is 12.5. The molecule has 5 heteroatoms. The van der Waals surface area contributed by atoms with Gasteiger partial charge in [0.2, 0.25) is 0 Å². The number of carbonyl (C=O) groups excluding carboxylic acids is 1. The first kappa shape index (κ1) is 15.6. The van der Waals surface area contributed by atoms with Crippen LogP contribution in [0, 0.1) is 13.8 Å². The predicted molar refractivity (Wildman–Crippen MR) is 85.3 cm³/mol. The third kappa shape index (κ3) is 4.94. The van der Waals surface area contributed by atoms with Gasteiger partial charge in [-0.1, -0.05) is 18.2 Å². The van der Waals surface area contributed by atoms with Crippen LogP contribution in [-0.2, 0) is 4.79 Å². The number of ether oxygens (including phenoxy) is 1. The van der Waals surface area contributed by atoms with E-state index in [1.54, 1.807) is 24.3 Å². The molecule has 0 heterocycles. The molecule has 0 aliphatic heterocycles. The Balaban J connectivity index is 1.83. The first-order chi connectivity index (χ1) is 10.5. The van der Waals surface area contributed by atoms with Gasteiger partial charge in [-0.05, 0) is 54.8 Å². The van der Waals surface area contributed by atoms with Crippen molar-refractivity contribution in [3.63, 3.8) is 0 Å². The second-order valence-corrected chi connectivity index (χ2v) is 5.00. The fourth-order valence-electron chi connectivity index (χ4n) is 1.98. The van der Waals surface area contributed by atoms with Gasteiger partial charge >= 0.3 is 0 Å². The highest BCUT2D eigenvalue weighted by molar-refractivity contribution is 5.83. The third-order valence-electron chi connectivity index (χ3n) is 2.84. The van der Waals surface area contributed by atoms with Crippen LogP contribution in [0.1, 0.15) is 16.7 Å². The van der Waals surface area contributed by atoms with Crippen LogP contribution in [-0.4, -0.2) is 23.8 Å². The summed E-state index contributed by atoms with van der Waals surface area (Å²) in [6, 6.07) is 12.3. The number of hydrazone groups is 1. The van der Waals surface area contributed by atoms with E-state index in [4.69, 9.17) is 4.74 Å². The van der Waals surface area contributed by atoms with Crippen molar-refractivity contribution >= 4 is 12.1 Å². The Kier molecular flexibility index (Phi) is 5.14. The van der Waals surface area contributed by atoms with Crippen molar-refractivity contribution in [1.29, 1.82) is 0 Å². The summed E-state index contributed by atoms with van der Waals surface area (Å²) in [6.07, 6.45) is 1.45. The van der Waals surface area contributed by atoms with Gasteiger partial charge in [-0.15, -0.1) is 0 Å². The van der Waals surface area contributed by atoms with Gasteiger partial charge < -0.3 is 9.84 Å². The van der Waals surface area contributed by atoms with E-state index >= 15 is 0 Å². The SMILES string of the molecule is Cc1cc(C)cc(OCC(=O)N/N=C\c2cccc(O)c2)c1. The van der Waals surface area contributed by atoms with Crippen LogP contribution in [0.25, 0.3) is 0 Å². The van der Waals surface area contributed by atoms with E-state index in [1.165, 1.54) is 6.21 Å². The maximum absolute atomic E-state index is 11.6. The van der Waals surface area contributed by atoms with Crippen LogP contribution in [0.4, 0.5) is 0 Å². The number of carbonyl (C=O) groups is 1. The Morgan fingerprint density at radius 2 is 1.95 bits per heavy atom. The molecule has 1 amide bonds. The van der Waals surface area contributed by atoms with E-state index in [-0.39, 0.29) is 18.3 Å². The predicted octanol–water partition coefficient (Wildman–Crippen LogP) is 2.54. The van der Waals surface area contributed by atoms with Crippen LogP contribution in [0.3, 0.4) is 0 Å². The number of hydrogen-bond acceptors (Lipinski definition) is 4. The summed E-state index contributed by atoms with van der Waals surface area (Å²) in [4.78, 5) is 11.6. The maximum Gasteiger partial charge on any atom is 0.277 e. The highest BCUT2D eigenvalue weighted by atomic mass is 16.5. The summed E-state index contributed by atoms with van der Waals surface area (Å²) < 4.78 is 5.43. The Morgan fingerprint density at radius 1 is 1.23 bits per heavy atom. The number of hydrogen-bond donors (Lipinski definition) is 2. The lowest BCUT2D eigenvalue weighted by Gasteiger charge is -2.07. The van der Waals surface area contributed by atoms with E-state index in [2.05, 4.69) is 10.5 Å². The van der Waals surface area contributed by atoms with Crippen LogP contribution in [0.2, 0.25) is 0 Å². The summed E-state index contributed by atoms with van der Waals surface area (Å²) in [6.45, 7) is 3.83. The Bertz CT molecular complexity index is 676. The number of nitrogens with one attached hydrogen (secondary N) is 1. The molecule has 0 spiro atoms. The lowest BCUT2D eigenvalue weighted by Crippen LogP contribution is -2.24. The smallest absolute Gasteiger partial charge is 0.277 e. The summed E-state index contributed by atoms with van der Waals surface area (Å²) in [7, 11) is 0. The van der Waals surface area contributed by atoms with Crippen LogP contribution in [0.15, 0.2) is 47.6 Å². The average molecular weight is 298 g/mol. The number of phenols is 1. The van der Waals surface area contributed by atoms with Gasteiger partial charge in [0.1, 0.15) is 11.5 Å². The number of amides is 1. The third-order valence-corrected chi connectivity index (χ3v) is 2.84. The topological polar surface area (TPSA) is 70.9 Å². The number of rotatable bonds is 5. The molecule has 0 aromatic heterocycles. The molecule has 0 radical (unpaired) electrons. The molecule has 2 aromatic carbocycles. The molecule has 2 N–H and O–H groups in total. The van der Waals surface area contributed by atoms with Gasteiger partial charge in [0.05, 0.1) is 6.21 Å². The van der Waals surface area contributed by atoms with Gasteiger partial charge in [-0.25, -0.2) is 5.43 Å². The molecule has 0 aliphatic carbocycles. The van der Waals surface area contributed by atoms with Crippen LogP contribution < -0.4 is 10.2 Å². The molecule has 0 fully saturated rings. The minimum absolute atomic E-state index is 0.111. The number of aryl methyl sites for hydroxylation is 2. The highest BCUT2D eigenvalue weighted by Crippen LogP contribution is 2.15. The van der Waals surface area contributed by atoms with Crippen molar-refractivity contribution in [2.75, 3.05) is 6.61 Å². The number of phenolic OH excluding ortho intramolecular Hbond substituents is 1. The summed E-state index contributed by atoms with van der Waals surface area (Å²) in [5.41, 5.74) is 5.23. The minimum atomic E-state index is -0.351. The largest absolute Gasteiger partial charge is 0.508 e. The molecule has 0 saturated carbocycles. The van der Waals surface area contributed by atoms with Crippen molar-refractivity contribution in [1.82, 2.24) is 5.43 Å². The van der Waals surface area contributed by atoms with Gasteiger partial charge in [0.25, 0.3) is 5.91 Å². The van der Waals surface area contributed by atoms with Crippen molar-refractivity contribution in [3.8, 4) is 11.5 Å². The Hall–Kier alpha value is -2.82. The summed E-state index contributed by atoms with van der Waals surface area (Å²) in [5, 5.41) is 13.1. The molecular formula is C17H18N2O3. The molecule has 2 rings (SSSR count). The van der Waals surface area contributed by atoms with Gasteiger partial charge in [-0.2, -0.15) is 5.10 Å². The van der Waals surface area contributed by atoms with Crippen molar-refractivity contribution in [2.24, 2.45) is 5.10 Å². The second kappa shape index (κ2) is 7.26. The molecule has 5 nitrogen and oxygen atoms in total. The average Bonchev–Trinajstić information content (AvgIpc) is 2.44. The molecule has 22 heavy (non-hydrogen) atoms. The maximum atomic E-state index is 11.6. The molecule has 0 aliphatic rings. The van der Waals surface area contributed by atoms with Gasteiger partial charge in [0.15, 0.2) is 6.61 Å². The lowest BCUT2D eigenvalue weighted by atomic mass is 10.1. The normalized spacial score (nSPS) is 10.6. The standard InChI is InChI=1S/C17H18N2O3/c1-12-6-13(2)8-16(7-12)22-11-17(21)19-18-10-14-4-3-5-15(20)9-14/h3-10,20H,11H2,1-2H3,(H,19,21)/b18-10-. The second-order valence-electron chi connectivity index (χ2n) is 5.00. The van der Waals surface area contributed by atoms with Crippen LogP contribution >= 0.6 is 0 Å². The van der Waals surface area contributed by atoms with Gasteiger partial charge in [0, 0.05) is 0 Å². The zero-order valence-corrected chi connectivity index (χ0v) is 12.5. The molecule has 0 saturated heterocycles. The van der Waals surface area contributed by atoms with Crippen molar-refractivity contribution < 1.29 is 14.6 Å². The fourth-order valence-corrected chi connectivity index (χ4v) is 1.98. The lowest BCUT2D eigenvalue weighted by molar-refractivity contribution is -0.123. The number of benzene rings is 2. The zero-order chi connectivity index (χ0) is 15.9. The molecule has 0 atom stereocenters. The monoisotopic (exact) mass is 298 g/mol. The van der Waals surface area contributed by atoms with Crippen LogP contribution in [0.5, 0.6) is 11.5 Å². The van der Waals surface area contributed by atoms with Crippen molar-refractivity contribution in [3.05, 3.63) is 59.2 Å². The Labute approximate surface area is 129 Å².